The number of phenols is 2. The van der Waals surface area contributed by atoms with Crippen LogP contribution in [0.25, 0.3) is 22.3 Å². The van der Waals surface area contributed by atoms with Crippen molar-refractivity contribution < 1.29 is 10.2 Å². The summed E-state index contributed by atoms with van der Waals surface area (Å²) in [6.07, 6.45) is 0. The summed E-state index contributed by atoms with van der Waals surface area (Å²) in [7, 11) is 0. The summed E-state index contributed by atoms with van der Waals surface area (Å²) in [6, 6.07) is 21.4. The lowest BCUT2D eigenvalue weighted by Gasteiger charge is -2.16. The Labute approximate surface area is 123 Å². The summed E-state index contributed by atoms with van der Waals surface area (Å²) < 4.78 is 0. The topological polar surface area (TPSA) is 40.5 Å². The third kappa shape index (κ3) is 2.36. The highest BCUT2D eigenvalue weighted by atomic mass is 16.3. The molecule has 2 heteroatoms. The Kier molecular flexibility index (Phi) is 3.36. The molecule has 0 heterocycles. The van der Waals surface area contributed by atoms with Gasteiger partial charge in [-0.2, -0.15) is 0 Å². The molecule has 0 saturated carbocycles. The molecule has 2 N–H and O–H groups in total. The van der Waals surface area contributed by atoms with E-state index in [0.29, 0.717) is 5.56 Å². The van der Waals surface area contributed by atoms with E-state index in [-0.39, 0.29) is 11.5 Å². The van der Waals surface area contributed by atoms with Crippen LogP contribution in [0.2, 0.25) is 0 Å². The minimum absolute atomic E-state index is 0.0615. The molecule has 3 aromatic rings. The normalized spacial score (nSPS) is 10.5. The van der Waals surface area contributed by atoms with Crippen molar-refractivity contribution >= 4 is 0 Å². The van der Waals surface area contributed by atoms with Gasteiger partial charge in [-0.1, -0.05) is 60.7 Å². The second kappa shape index (κ2) is 5.33. The maximum atomic E-state index is 10.1. The van der Waals surface area contributed by atoms with Crippen molar-refractivity contribution in [1.29, 1.82) is 0 Å². The molecule has 0 aliphatic carbocycles. The van der Waals surface area contributed by atoms with E-state index in [2.05, 4.69) is 0 Å². The lowest BCUT2D eigenvalue weighted by atomic mass is 9.90. The predicted molar refractivity (Wildman–Crippen MR) is 85.4 cm³/mol. The second-order valence-corrected chi connectivity index (χ2v) is 5.02. The van der Waals surface area contributed by atoms with Gasteiger partial charge < -0.3 is 10.2 Å². The molecule has 0 aromatic heterocycles. The zero-order valence-electron chi connectivity index (χ0n) is 11.7. The van der Waals surface area contributed by atoms with Gasteiger partial charge in [-0.15, -0.1) is 0 Å². The van der Waals surface area contributed by atoms with Crippen LogP contribution in [0.3, 0.4) is 0 Å². The smallest absolute Gasteiger partial charge is 0.161 e. The molecule has 0 spiro atoms. The van der Waals surface area contributed by atoms with Gasteiger partial charge in [-0.05, 0) is 35.2 Å². The van der Waals surface area contributed by atoms with Gasteiger partial charge in [-0.3, -0.25) is 0 Å². The third-order valence-electron chi connectivity index (χ3n) is 3.67. The standard InChI is InChI=1S/C19H16O2/c1-13-18(15-10-6-3-7-11-15)16(12-17(20)19(13)21)14-8-4-2-5-9-14/h2-12,20-21H,1H3. The van der Waals surface area contributed by atoms with Crippen molar-refractivity contribution in [2.75, 3.05) is 0 Å². The first kappa shape index (κ1) is 13.3. The van der Waals surface area contributed by atoms with Gasteiger partial charge in [0.15, 0.2) is 11.5 Å². The first-order valence-corrected chi connectivity index (χ1v) is 6.85. The number of hydrogen-bond acceptors (Lipinski definition) is 2. The second-order valence-electron chi connectivity index (χ2n) is 5.02. The summed E-state index contributed by atoms with van der Waals surface area (Å²) in [5.74, 6) is -0.153. The number of aromatic hydroxyl groups is 2. The van der Waals surface area contributed by atoms with Gasteiger partial charge in [0.25, 0.3) is 0 Å². The van der Waals surface area contributed by atoms with E-state index in [0.717, 1.165) is 22.3 Å². The molecule has 0 aliphatic rings. The highest BCUT2D eigenvalue weighted by molar-refractivity contribution is 5.88. The Morgan fingerprint density at radius 2 is 1.24 bits per heavy atom. The molecule has 3 rings (SSSR count). The van der Waals surface area contributed by atoms with Gasteiger partial charge in [-0.25, -0.2) is 0 Å². The van der Waals surface area contributed by atoms with E-state index in [9.17, 15) is 10.2 Å². The fraction of sp³-hybridized carbons (Fsp3) is 0.0526. The zero-order valence-corrected chi connectivity index (χ0v) is 11.7. The third-order valence-corrected chi connectivity index (χ3v) is 3.67. The Hall–Kier alpha value is -2.74. The maximum Gasteiger partial charge on any atom is 0.161 e. The molecular weight excluding hydrogens is 260 g/mol. The van der Waals surface area contributed by atoms with E-state index >= 15 is 0 Å². The highest BCUT2D eigenvalue weighted by Gasteiger charge is 2.16. The lowest BCUT2D eigenvalue weighted by molar-refractivity contribution is 0.401. The predicted octanol–water partition coefficient (Wildman–Crippen LogP) is 4.74. The van der Waals surface area contributed by atoms with Crippen LogP contribution in [0.15, 0.2) is 66.7 Å². The molecular formula is C19H16O2. The van der Waals surface area contributed by atoms with Crippen LogP contribution in [0.1, 0.15) is 5.56 Å². The minimum atomic E-state index is -0.0916. The molecule has 21 heavy (non-hydrogen) atoms. The van der Waals surface area contributed by atoms with E-state index in [1.165, 1.54) is 0 Å². The van der Waals surface area contributed by atoms with Crippen molar-refractivity contribution in [3.05, 3.63) is 72.3 Å². The summed E-state index contributed by atoms with van der Waals surface area (Å²) in [5, 5.41) is 20.0. The average Bonchev–Trinajstić information content (AvgIpc) is 2.54. The van der Waals surface area contributed by atoms with Crippen molar-refractivity contribution in [3.8, 4) is 33.8 Å². The van der Waals surface area contributed by atoms with E-state index < -0.39 is 0 Å². The monoisotopic (exact) mass is 276 g/mol. The fourth-order valence-electron chi connectivity index (χ4n) is 2.61. The quantitative estimate of drug-likeness (QED) is 0.664. The van der Waals surface area contributed by atoms with E-state index in [4.69, 9.17) is 0 Å². The number of rotatable bonds is 2. The molecule has 0 aliphatic heterocycles. The Bertz CT molecular complexity index is 763. The largest absolute Gasteiger partial charge is 0.504 e. The first-order valence-electron chi connectivity index (χ1n) is 6.85. The van der Waals surface area contributed by atoms with Gasteiger partial charge in [0.2, 0.25) is 0 Å². The van der Waals surface area contributed by atoms with Gasteiger partial charge in [0, 0.05) is 5.56 Å². The van der Waals surface area contributed by atoms with Crippen molar-refractivity contribution in [2.24, 2.45) is 0 Å². The number of benzene rings is 3. The Morgan fingerprint density at radius 1 is 0.714 bits per heavy atom. The first-order chi connectivity index (χ1) is 10.2. The number of hydrogen-bond donors (Lipinski definition) is 2. The maximum absolute atomic E-state index is 10.1. The number of phenolic OH excluding ortho intramolecular Hbond substituents is 2. The molecule has 0 amide bonds. The van der Waals surface area contributed by atoms with Gasteiger partial charge in [0.05, 0.1) is 0 Å². The van der Waals surface area contributed by atoms with Gasteiger partial charge >= 0.3 is 0 Å². The summed E-state index contributed by atoms with van der Waals surface area (Å²) in [4.78, 5) is 0. The van der Waals surface area contributed by atoms with Crippen LogP contribution in [0.4, 0.5) is 0 Å². The molecule has 0 radical (unpaired) electrons. The molecule has 0 bridgehead atoms. The van der Waals surface area contributed by atoms with Crippen molar-refractivity contribution in [1.82, 2.24) is 0 Å². The molecule has 0 atom stereocenters. The molecule has 0 saturated heterocycles. The molecule has 2 nitrogen and oxygen atoms in total. The van der Waals surface area contributed by atoms with Crippen LogP contribution in [0, 0.1) is 6.92 Å². The van der Waals surface area contributed by atoms with Crippen LogP contribution in [-0.4, -0.2) is 10.2 Å². The van der Waals surface area contributed by atoms with E-state index in [1.807, 2.05) is 67.6 Å². The highest BCUT2D eigenvalue weighted by Crippen LogP contribution is 2.43. The summed E-state index contributed by atoms with van der Waals surface area (Å²) in [6.45, 7) is 1.82. The van der Waals surface area contributed by atoms with Gasteiger partial charge in [0.1, 0.15) is 0 Å². The Balaban J connectivity index is 2.34. The summed E-state index contributed by atoms with van der Waals surface area (Å²) in [5.41, 5.74) is 4.56. The van der Waals surface area contributed by atoms with Crippen LogP contribution >= 0.6 is 0 Å². The van der Waals surface area contributed by atoms with Crippen molar-refractivity contribution in [2.45, 2.75) is 6.92 Å². The van der Waals surface area contributed by atoms with Crippen LogP contribution in [-0.2, 0) is 0 Å². The minimum Gasteiger partial charge on any atom is -0.504 e. The lowest BCUT2D eigenvalue weighted by Crippen LogP contribution is -1.90. The van der Waals surface area contributed by atoms with E-state index in [1.54, 1.807) is 6.07 Å². The fourth-order valence-corrected chi connectivity index (χ4v) is 2.61. The molecule has 3 aromatic carbocycles. The Morgan fingerprint density at radius 3 is 1.81 bits per heavy atom. The molecule has 104 valence electrons. The van der Waals surface area contributed by atoms with Crippen molar-refractivity contribution in [3.63, 3.8) is 0 Å². The zero-order chi connectivity index (χ0) is 14.8. The summed E-state index contributed by atoms with van der Waals surface area (Å²) >= 11 is 0. The SMILES string of the molecule is Cc1c(O)c(O)cc(-c2ccccc2)c1-c1ccccc1. The van der Waals surface area contributed by atoms with Crippen LogP contribution < -0.4 is 0 Å². The average molecular weight is 276 g/mol. The molecule has 0 fully saturated rings. The molecule has 0 unspecified atom stereocenters. The van der Waals surface area contributed by atoms with Crippen LogP contribution in [0.5, 0.6) is 11.5 Å².